The molecule has 0 unspecified atom stereocenters. The van der Waals surface area contributed by atoms with Gasteiger partial charge in [-0.1, -0.05) is 30.7 Å². The number of carboxylic acids is 1. The predicted molar refractivity (Wildman–Crippen MR) is 76.8 cm³/mol. The molecule has 1 N–H and O–H groups in total. The normalized spacial score (nSPS) is 17.4. The zero-order chi connectivity index (χ0) is 14.9. The summed E-state index contributed by atoms with van der Waals surface area (Å²) in [5, 5.41) is 9.54. The molecule has 108 valence electrons. The SMILES string of the molecule is C[C@@H](CN(C)C(=O)C1(c2cccc(Cl)c2)CC1)C(=O)O. The number of halogens is 1. The van der Waals surface area contributed by atoms with Crippen LogP contribution in [-0.4, -0.2) is 35.5 Å². The lowest BCUT2D eigenvalue weighted by atomic mass is 9.94. The number of hydrogen-bond acceptors (Lipinski definition) is 2. The Bertz CT molecular complexity index is 540. The highest BCUT2D eigenvalue weighted by Crippen LogP contribution is 2.49. The number of hydrogen-bond donors (Lipinski definition) is 1. The van der Waals surface area contributed by atoms with E-state index in [1.165, 1.54) is 4.90 Å². The molecule has 1 amide bonds. The molecule has 1 aliphatic carbocycles. The topological polar surface area (TPSA) is 57.6 Å². The van der Waals surface area contributed by atoms with Gasteiger partial charge in [0.1, 0.15) is 0 Å². The molecule has 0 radical (unpaired) electrons. The lowest BCUT2D eigenvalue weighted by molar-refractivity contribution is -0.143. The second kappa shape index (κ2) is 5.44. The molecular formula is C15H18ClNO3. The van der Waals surface area contributed by atoms with Crippen LogP contribution in [0.5, 0.6) is 0 Å². The molecule has 0 heterocycles. The third-order valence-corrected chi connectivity index (χ3v) is 4.09. The number of rotatable bonds is 5. The summed E-state index contributed by atoms with van der Waals surface area (Å²) in [5.74, 6) is -1.48. The minimum Gasteiger partial charge on any atom is -0.481 e. The molecule has 0 aromatic heterocycles. The second-order valence-corrected chi connectivity index (χ2v) is 5.95. The third-order valence-electron chi connectivity index (χ3n) is 3.85. The highest BCUT2D eigenvalue weighted by atomic mass is 35.5. The van der Waals surface area contributed by atoms with Crippen LogP contribution in [0, 0.1) is 5.92 Å². The molecule has 1 aliphatic rings. The summed E-state index contributed by atoms with van der Waals surface area (Å²) >= 11 is 5.99. The first-order valence-corrected chi connectivity index (χ1v) is 6.99. The number of amides is 1. The van der Waals surface area contributed by atoms with Crippen molar-refractivity contribution in [2.45, 2.75) is 25.2 Å². The zero-order valence-corrected chi connectivity index (χ0v) is 12.4. The molecule has 2 rings (SSSR count). The van der Waals surface area contributed by atoms with Gasteiger partial charge in [-0.05, 0) is 30.5 Å². The maximum absolute atomic E-state index is 12.6. The molecule has 1 saturated carbocycles. The van der Waals surface area contributed by atoms with E-state index in [0.29, 0.717) is 5.02 Å². The van der Waals surface area contributed by atoms with E-state index < -0.39 is 17.3 Å². The smallest absolute Gasteiger partial charge is 0.308 e. The lowest BCUT2D eigenvalue weighted by Gasteiger charge is -2.25. The lowest BCUT2D eigenvalue weighted by Crippen LogP contribution is -2.40. The largest absolute Gasteiger partial charge is 0.481 e. The summed E-state index contributed by atoms with van der Waals surface area (Å²) in [5.41, 5.74) is 0.419. The Morgan fingerprint density at radius 1 is 1.45 bits per heavy atom. The van der Waals surface area contributed by atoms with E-state index in [2.05, 4.69) is 0 Å². The molecule has 0 spiro atoms. The number of carboxylic acid groups (broad SMARTS) is 1. The Balaban J connectivity index is 2.14. The van der Waals surface area contributed by atoms with Crippen LogP contribution in [0.4, 0.5) is 0 Å². The van der Waals surface area contributed by atoms with E-state index in [-0.39, 0.29) is 12.5 Å². The van der Waals surface area contributed by atoms with Crippen LogP contribution in [0.1, 0.15) is 25.3 Å². The number of aliphatic carboxylic acids is 1. The number of nitrogens with zero attached hydrogens (tertiary/aromatic N) is 1. The van der Waals surface area contributed by atoms with Crippen molar-refractivity contribution in [3.05, 3.63) is 34.9 Å². The fraction of sp³-hybridized carbons (Fsp3) is 0.467. The monoisotopic (exact) mass is 295 g/mol. The first kappa shape index (κ1) is 14.9. The van der Waals surface area contributed by atoms with Crippen LogP contribution >= 0.6 is 11.6 Å². The molecule has 5 heteroatoms. The summed E-state index contributed by atoms with van der Waals surface area (Å²) in [7, 11) is 1.66. The maximum Gasteiger partial charge on any atom is 0.308 e. The van der Waals surface area contributed by atoms with Gasteiger partial charge in [0.25, 0.3) is 0 Å². The average Bonchev–Trinajstić information content (AvgIpc) is 3.19. The third kappa shape index (κ3) is 2.80. The summed E-state index contributed by atoms with van der Waals surface area (Å²) in [6.07, 6.45) is 1.58. The van der Waals surface area contributed by atoms with Crippen molar-refractivity contribution >= 4 is 23.5 Å². The molecule has 1 aromatic rings. The van der Waals surface area contributed by atoms with Gasteiger partial charge in [-0.15, -0.1) is 0 Å². The van der Waals surface area contributed by atoms with Gasteiger partial charge < -0.3 is 10.0 Å². The van der Waals surface area contributed by atoms with Crippen LogP contribution in [0.3, 0.4) is 0 Å². The Morgan fingerprint density at radius 2 is 2.10 bits per heavy atom. The fourth-order valence-corrected chi connectivity index (χ4v) is 2.66. The van der Waals surface area contributed by atoms with Crippen LogP contribution in [0.2, 0.25) is 5.02 Å². The van der Waals surface area contributed by atoms with Crippen molar-refractivity contribution < 1.29 is 14.7 Å². The molecular weight excluding hydrogens is 278 g/mol. The Hall–Kier alpha value is -1.55. The summed E-state index contributed by atoms with van der Waals surface area (Å²) < 4.78 is 0. The molecule has 0 saturated heterocycles. The van der Waals surface area contributed by atoms with Crippen molar-refractivity contribution in [2.75, 3.05) is 13.6 Å². The van der Waals surface area contributed by atoms with Gasteiger partial charge in [0.15, 0.2) is 0 Å². The van der Waals surface area contributed by atoms with Crippen molar-refractivity contribution in [1.82, 2.24) is 4.90 Å². The summed E-state index contributed by atoms with van der Waals surface area (Å²) in [6.45, 7) is 1.82. The summed E-state index contributed by atoms with van der Waals surface area (Å²) in [6, 6.07) is 7.35. The van der Waals surface area contributed by atoms with E-state index in [1.54, 1.807) is 20.0 Å². The minimum atomic E-state index is -0.891. The minimum absolute atomic E-state index is 0.0205. The Kier molecular flexibility index (Phi) is 4.04. The number of carbonyl (C=O) groups excluding carboxylic acids is 1. The zero-order valence-electron chi connectivity index (χ0n) is 11.6. The highest BCUT2D eigenvalue weighted by molar-refractivity contribution is 6.30. The molecule has 0 aliphatic heterocycles. The van der Waals surface area contributed by atoms with Crippen LogP contribution in [-0.2, 0) is 15.0 Å². The van der Waals surface area contributed by atoms with Gasteiger partial charge in [0, 0.05) is 18.6 Å². The van der Waals surface area contributed by atoms with Gasteiger partial charge in [0.05, 0.1) is 11.3 Å². The molecule has 0 bridgehead atoms. The van der Waals surface area contributed by atoms with Gasteiger partial charge in [0.2, 0.25) is 5.91 Å². The second-order valence-electron chi connectivity index (χ2n) is 5.52. The molecule has 1 fully saturated rings. The van der Waals surface area contributed by atoms with E-state index in [0.717, 1.165) is 18.4 Å². The maximum atomic E-state index is 12.6. The number of likely N-dealkylation sites (N-methyl/N-ethyl adjacent to an activating group) is 1. The van der Waals surface area contributed by atoms with Crippen LogP contribution in [0.15, 0.2) is 24.3 Å². The van der Waals surface area contributed by atoms with Crippen molar-refractivity contribution in [1.29, 1.82) is 0 Å². The molecule has 20 heavy (non-hydrogen) atoms. The standard InChI is InChI=1S/C15H18ClNO3/c1-10(13(18)19)9-17(2)14(20)15(6-7-15)11-4-3-5-12(16)8-11/h3-5,8,10H,6-7,9H2,1-2H3,(H,18,19)/t10-/m0/s1. The van der Waals surface area contributed by atoms with E-state index in [9.17, 15) is 9.59 Å². The molecule has 4 nitrogen and oxygen atoms in total. The summed E-state index contributed by atoms with van der Waals surface area (Å²) in [4.78, 5) is 25.0. The average molecular weight is 296 g/mol. The molecule has 1 aromatic carbocycles. The predicted octanol–water partition coefficient (Wildman–Crippen LogP) is 2.55. The number of benzene rings is 1. The van der Waals surface area contributed by atoms with Crippen molar-refractivity contribution in [3.8, 4) is 0 Å². The van der Waals surface area contributed by atoms with E-state index >= 15 is 0 Å². The molecule has 1 atom stereocenters. The van der Waals surface area contributed by atoms with Gasteiger partial charge in [-0.2, -0.15) is 0 Å². The first-order chi connectivity index (χ1) is 9.36. The van der Waals surface area contributed by atoms with Crippen LogP contribution < -0.4 is 0 Å². The van der Waals surface area contributed by atoms with E-state index in [4.69, 9.17) is 16.7 Å². The van der Waals surface area contributed by atoms with Gasteiger partial charge >= 0.3 is 5.97 Å². The van der Waals surface area contributed by atoms with E-state index in [1.807, 2.05) is 18.2 Å². The van der Waals surface area contributed by atoms with Gasteiger partial charge in [-0.3, -0.25) is 9.59 Å². The quantitative estimate of drug-likeness (QED) is 0.908. The fourth-order valence-electron chi connectivity index (χ4n) is 2.47. The van der Waals surface area contributed by atoms with Crippen LogP contribution in [0.25, 0.3) is 0 Å². The highest BCUT2D eigenvalue weighted by Gasteiger charge is 2.52. The Labute approximate surface area is 123 Å². The number of carbonyl (C=O) groups is 2. The van der Waals surface area contributed by atoms with Gasteiger partial charge in [-0.25, -0.2) is 0 Å². The Morgan fingerprint density at radius 3 is 2.60 bits per heavy atom. The van der Waals surface area contributed by atoms with Crippen molar-refractivity contribution in [3.63, 3.8) is 0 Å². The van der Waals surface area contributed by atoms with Crippen molar-refractivity contribution in [2.24, 2.45) is 5.92 Å². The first-order valence-electron chi connectivity index (χ1n) is 6.61.